The summed E-state index contributed by atoms with van der Waals surface area (Å²) in [6.07, 6.45) is 0. The molecule has 0 spiro atoms. The molecule has 162 valence electrons. The van der Waals surface area contributed by atoms with Crippen molar-refractivity contribution in [2.24, 2.45) is 0 Å². The maximum atomic E-state index is 14.6. The molecule has 4 aromatic rings. The minimum atomic E-state index is -4.15. The summed E-state index contributed by atoms with van der Waals surface area (Å²) in [5.41, 5.74) is 0.798. The molecule has 0 atom stereocenters. The van der Waals surface area contributed by atoms with Gasteiger partial charge >= 0.3 is 10.3 Å². The molecule has 0 unspecified atom stereocenters. The summed E-state index contributed by atoms with van der Waals surface area (Å²) in [5, 5.41) is 1.51. The molecule has 0 radical (unpaired) electrons. The van der Waals surface area contributed by atoms with Crippen LogP contribution in [0.4, 0.5) is 0 Å². The predicted molar refractivity (Wildman–Crippen MR) is 129 cm³/mol. The van der Waals surface area contributed by atoms with Crippen LogP contribution in [-0.2, 0) is 21.4 Å². The Labute approximate surface area is 188 Å². The van der Waals surface area contributed by atoms with Gasteiger partial charge in [0.05, 0.1) is 5.30 Å². The van der Waals surface area contributed by atoms with Crippen molar-refractivity contribution in [3.63, 3.8) is 0 Å². The second-order valence-corrected chi connectivity index (χ2v) is 11.2. The van der Waals surface area contributed by atoms with Gasteiger partial charge in [0.1, 0.15) is 0 Å². The number of hydrogen-bond donors (Lipinski definition) is 1. The van der Waals surface area contributed by atoms with E-state index in [1.807, 2.05) is 66.7 Å². The first-order chi connectivity index (χ1) is 15.5. The fraction of sp³-hybridized carbons (Fsp3) is 0.0400. The lowest BCUT2D eigenvalue weighted by molar-refractivity contribution is 0.472. The van der Waals surface area contributed by atoms with Crippen LogP contribution in [0.3, 0.4) is 0 Å². The van der Waals surface area contributed by atoms with Gasteiger partial charge in [0.15, 0.2) is 12.9 Å². The van der Waals surface area contributed by atoms with E-state index in [0.29, 0.717) is 15.9 Å². The largest absolute Gasteiger partial charge is 0.382 e. The van der Waals surface area contributed by atoms with E-state index in [4.69, 9.17) is 4.18 Å². The third-order valence-electron chi connectivity index (χ3n) is 4.94. The van der Waals surface area contributed by atoms with E-state index < -0.39 is 17.4 Å². The molecule has 5 nitrogen and oxygen atoms in total. The maximum absolute atomic E-state index is 14.6. The van der Waals surface area contributed by atoms with Gasteiger partial charge in [0.2, 0.25) is 0 Å². The van der Waals surface area contributed by atoms with Crippen molar-refractivity contribution in [2.75, 3.05) is 0 Å². The zero-order valence-electron chi connectivity index (χ0n) is 17.2. The first kappa shape index (κ1) is 22.0. The second kappa shape index (κ2) is 9.53. The summed E-state index contributed by atoms with van der Waals surface area (Å²) in [5.74, 6) is 0.0316. The molecule has 0 amide bonds. The first-order valence-electron chi connectivity index (χ1n) is 10.0. The summed E-state index contributed by atoms with van der Waals surface area (Å²) < 4.78 is 47.9. The molecule has 0 fully saturated rings. The molecular formula is C25H22NO4PS. The summed E-state index contributed by atoms with van der Waals surface area (Å²) in [6.45, 7) is 0.0837. The van der Waals surface area contributed by atoms with Crippen LogP contribution in [0.25, 0.3) is 0 Å². The van der Waals surface area contributed by atoms with E-state index in [-0.39, 0.29) is 12.3 Å². The van der Waals surface area contributed by atoms with E-state index in [2.05, 4.69) is 4.72 Å². The van der Waals surface area contributed by atoms with Gasteiger partial charge in [-0.25, -0.2) is 0 Å². The van der Waals surface area contributed by atoms with E-state index in [9.17, 15) is 13.0 Å². The van der Waals surface area contributed by atoms with Crippen molar-refractivity contribution < 1.29 is 17.2 Å². The molecule has 0 aliphatic heterocycles. The minimum absolute atomic E-state index is 0.0316. The topological polar surface area (TPSA) is 72.5 Å². The van der Waals surface area contributed by atoms with Gasteiger partial charge in [0, 0.05) is 17.2 Å². The van der Waals surface area contributed by atoms with Crippen LogP contribution in [-0.4, -0.2) is 8.42 Å². The van der Waals surface area contributed by atoms with Gasteiger partial charge in [-0.15, -0.1) is 0 Å². The molecule has 0 aromatic heterocycles. The van der Waals surface area contributed by atoms with Crippen molar-refractivity contribution in [1.29, 1.82) is 0 Å². The lowest BCUT2D eigenvalue weighted by Gasteiger charge is -2.22. The van der Waals surface area contributed by atoms with E-state index in [0.717, 1.165) is 5.56 Å². The quantitative estimate of drug-likeness (QED) is 0.404. The third-order valence-corrected chi connectivity index (χ3v) is 8.94. The number of rotatable bonds is 8. The lowest BCUT2D eigenvalue weighted by atomic mass is 10.2. The Balaban J connectivity index is 1.73. The molecule has 0 heterocycles. The van der Waals surface area contributed by atoms with Crippen LogP contribution < -0.4 is 24.8 Å². The van der Waals surface area contributed by atoms with E-state index >= 15 is 0 Å². The fourth-order valence-electron chi connectivity index (χ4n) is 3.41. The highest BCUT2D eigenvalue weighted by atomic mass is 32.2. The Morgan fingerprint density at radius 1 is 0.656 bits per heavy atom. The number of benzene rings is 4. The predicted octanol–water partition coefficient (Wildman–Crippen LogP) is 3.74. The molecule has 4 rings (SSSR count). The fourth-order valence-corrected chi connectivity index (χ4v) is 7.02. The Kier molecular flexibility index (Phi) is 6.56. The molecular weight excluding hydrogens is 441 g/mol. The monoisotopic (exact) mass is 463 g/mol. The molecule has 32 heavy (non-hydrogen) atoms. The molecule has 0 saturated heterocycles. The summed E-state index contributed by atoms with van der Waals surface area (Å²) in [6, 6.07) is 33.8. The van der Waals surface area contributed by atoms with Crippen LogP contribution in [0.15, 0.2) is 115 Å². The standard InChI is InChI=1S/C25H22NO4PS/c27-31(22-14-6-2-7-15-22,23-16-8-3-9-17-23)25-19-11-10-18-24(25)30-32(28,29)26-20-21-12-4-1-5-13-21/h1-19,26H,20H2. The van der Waals surface area contributed by atoms with Gasteiger partial charge in [0.25, 0.3) is 0 Å². The highest BCUT2D eigenvalue weighted by molar-refractivity contribution is 7.86. The summed E-state index contributed by atoms with van der Waals surface area (Å²) in [7, 11) is -7.55. The van der Waals surface area contributed by atoms with Crippen LogP contribution >= 0.6 is 7.14 Å². The average Bonchev–Trinajstić information content (AvgIpc) is 2.84. The second-order valence-electron chi connectivity index (χ2n) is 7.09. The zero-order chi connectivity index (χ0) is 22.4. The van der Waals surface area contributed by atoms with Gasteiger partial charge < -0.3 is 8.75 Å². The molecule has 4 aromatic carbocycles. The van der Waals surface area contributed by atoms with Crippen molar-refractivity contribution in [3.8, 4) is 5.75 Å². The Morgan fingerprint density at radius 3 is 1.69 bits per heavy atom. The number of nitrogens with one attached hydrogen (secondary N) is 1. The van der Waals surface area contributed by atoms with Crippen LogP contribution in [0.1, 0.15) is 5.56 Å². The normalized spacial score (nSPS) is 11.8. The molecule has 0 bridgehead atoms. The molecule has 7 heteroatoms. The van der Waals surface area contributed by atoms with Crippen LogP contribution in [0, 0.1) is 0 Å². The van der Waals surface area contributed by atoms with E-state index in [1.54, 1.807) is 42.5 Å². The van der Waals surface area contributed by atoms with Crippen LogP contribution in [0.5, 0.6) is 5.75 Å². The van der Waals surface area contributed by atoms with Gasteiger partial charge in [-0.05, 0) is 17.7 Å². The number of hydrogen-bond acceptors (Lipinski definition) is 4. The van der Waals surface area contributed by atoms with Crippen molar-refractivity contribution in [3.05, 3.63) is 121 Å². The highest BCUT2D eigenvalue weighted by Gasteiger charge is 2.33. The zero-order valence-corrected chi connectivity index (χ0v) is 18.9. The SMILES string of the molecule is O=P(c1ccccc1)(c1ccccc1)c1ccccc1OS(=O)(=O)NCc1ccccc1. The highest BCUT2D eigenvalue weighted by Crippen LogP contribution is 2.45. The van der Waals surface area contributed by atoms with Gasteiger partial charge in [-0.2, -0.15) is 13.1 Å². The maximum Gasteiger partial charge on any atom is 0.382 e. The smallest absolute Gasteiger partial charge is 0.370 e. The van der Waals surface area contributed by atoms with Gasteiger partial charge in [-0.1, -0.05) is 103 Å². The number of para-hydroxylation sites is 1. The van der Waals surface area contributed by atoms with Crippen molar-refractivity contribution >= 4 is 33.4 Å². The van der Waals surface area contributed by atoms with Gasteiger partial charge in [-0.3, -0.25) is 0 Å². The summed E-state index contributed by atoms with van der Waals surface area (Å²) in [4.78, 5) is 0. The molecule has 0 aliphatic rings. The Hall–Kier alpha value is -3.18. The first-order valence-corrected chi connectivity index (χ1v) is 13.1. The van der Waals surface area contributed by atoms with Crippen molar-refractivity contribution in [1.82, 2.24) is 4.72 Å². The molecule has 0 saturated carbocycles. The molecule has 1 N–H and O–H groups in total. The minimum Gasteiger partial charge on any atom is -0.370 e. The Morgan fingerprint density at radius 2 is 1.12 bits per heavy atom. The van der Waals surface area contributed by atoms with E-state index in [1.165, 1.54) is 6.07 Å². The summed E-state index contributed by atoms with van der Waals surface area (Å²) >= 11 is 0. The third kappa shape index (κ3) is 4.83. The van der Waals surface area contributed by atoms with Crippen LogP contribution in [0.2, 0.25) is 0 Å². The Bertz CT molecular complexity index is 1280. The van der Waals surface area contributed by atoms with Crippen molar-refractivity contribution in [2.45, 2.75) is 6.54 Å². The lowest BCUT2D eigenvalue weighted by Crippen LogP contribution is -2.31. The average molecular weight is 463 g/mol. The molecule has 0 aliphatic carbocycles.